The van der Waals surface area contributed by atoms with Crippen molar-refractivity contribution in [1.82, 2.24) is 0 Å². The Hall–Kier alpha value is -0.650. The molecule has 0 aliphatic rings. The van der Waals surface area contributed by atoms with Crippen molar-refractivity contribution >= 4 is 5.97 Å². The van der Waals surface area contributed by atoms with Crippen LogP contribution in [-0.2, 0) is 4.79 Å². The van der Waals surface area contributed by atoms with Gasteiger partial charge in [0.2, 0.25) is 0 Å². The first-order valence-electron chi connectivity index (χ1n) is 2.83. The Morgan fingerprint density at radius 2 is 1.80 bits per heavy atom. The van der Waals surface area contributed by atoms with E-state index in [0.29, 0.717) is 0 Å². The molecule has 5 N–H and O–H groups in total. The zero-order valence-corrected chi connectivity index (χ0v) is 5.40. The molecule has 0 bridgehead atoms. The molecule has 0 amide bonds. The Balaban J connectivity index is 3.88. The largest absolute Gasteiger partial charge is 0.480 e. The van der Waals surface area contributed by atoms with Crippen molar-refractivity contribution in [1.29, 1.82) is 0 Å². The minimum Gasteiger partial charge on any atom is -0.480 e. The molecule has 0 rings (SSSR count). The first-order valence-corrected chi connectivity index (χ1v) is 2.83. The van der Waals surface area contributed by atoms with Gasteiger partial charge in [-0.2, -0.15) is 0 Å². The molecule has 5 nitrogen and oxygen atoms in total. The van der Waals surface area contributed by atoms with Crippen LogP contribution in [0.25, 0.3) is 0 Å². The number of aliphatic carboxylic acids is 1. The Morgan fingerprint density at radius 1 is 1.40 bits per heavy atom. The van der Waals surface area contributed by atoms with Crippen LogP contribution in [0.5, 0.6) is 0 Å². The second-order valence-electron chi connectivity index (χ2n) is 1.99. The summed E-state index contributed by atoms with van der Waals surface area (Å²) in [4.78, 5) is 10.1. The van der Waals surface area contributed by atoms with Crippen LogP contribution in [0.3, 0.4) is 0 Å². The van der Waals surface area contributed by atoms with Gasteiger partial charge in [-0.05, 0) is 0 Å². The molecule has 0 spiro atoms. The minimum absolute atomic E-state index is 0.413. The van der Waals surface area contributed by atoms with Crippen molar-refractivity contribution in [2.24, 2.45) is 11.7 Å². The van der Waals surface area contributed by atoms with E-state index >= 15 is 0 Å². The molecule has 1 atom stereocenters. The normalized spacial score (nSPS) is 13.6. The predicted octanol–water partition coefficient (Wildman–Crippen LogP) is -2.00. The monoisotopic (exact) mass is 149 g/mol. The molecule has 0 fully saturated rings. The number of aliphatic hydroxyl groups is 2. The second kappa shape index (κ2) is 4.21. The second-order valence-corrected chi connectivity index (χ2v) is 1.99. The van der Waals surface area contributed by atoms with Gasteiger partial charge in [-0.1, -0.05) is 0 Å². The van der Waals surface area contributed by atoms with Crippen LogP contribution < -0.4 is 5.73 Å². The van der Waals surface area contributed by atoms with Gasteiger partial charge in [-0.3, -0.25) is 4.79 Å². The molecule has 0 aromatic heterocycles. The maximum absolute atomic E-state index is 10.1. The predicted molar refractivity (Wildman–Crippen MR) is 33.3 cm³/mol. The van der Waals surface area contributed by atoms with E-state index < -0.39 is 31.1 Å². The van der Waals surface area contributed by atoms with E-state index in [1.165, 1.54) is 0 Å². The highest BCUT2D eigenvalue weighted by Crippen LogP contribution is 1.98. The lowest BCUT2D eigenvalue weighted by molar-refractivity contribution is -0.140. The van der Waals surface area contributed by atoms with Crippen LogP contribution in [0, 0.1) is 5.92 Å². The maximum Gasteiger partial charge on any atom is 0.320 e. The van der Waals surface area contributed by atoms with Gasteiger partial charge in [0.05, 0.1) is 13.2 Å². The van der Waals surface area contributed by atoms with Crippen LogP contribution >= 0.6 is 0 Å². The summed E-state index contributed by atoms with van der Waals surface area (Å²) in [6, 6.07) is -1.19. The van der Waals surface area contributed by atoms with E-state index in [4.69, 9.17) is 21.1 Å². The van der Waals surface area contributed by atoms with Gasteiger partial charge in [-0.15, -0.1) is 0 Å². The molecule has 10 heavy (non-hydrogen) atoms. The van der Waals surface area contributed by atoms with E-state index in [2.05, 4.69) is 0 Å². The molecule has 0 saturated carbocycles. The summed E-state index contributed by atoms with van der Waals surface area (Å²) in [5.74, 6) is -1.98. The van der Waals surface area contributed by atoms with Crippen molar-refractivity contribution in [3.8, 4) is 0 Å². The average molecular weight is 149 g/mol. The molecule has 1 unspecified atom stereocenters. The lowest BCUT2D eigenvalue weighted by Gasteiger charge is -2.14. The van der Waals surface area contributed by atoms with Crippen molar-refractivity contribution in [2.45, 2.75) is 6.04 Å². The molecule has 5 heteroatoms. The first-order chi connectivity index (χ1) is 4.63. The van der Waals surface area contributed by atoms with Crippen molar-refractivity contribution in [2.75, 3.05) is 13.2 Å². The fourth-order valence-electron chi connectivity index (χ4n) is 0.486. The van der Waals surface area contributed by atoms with Gasteiger partial charge in [-0.25, -0.2) is 0 Å². The maximum atomic E-state index is 10.1. The zero-order valence-electron chi connectivity index (χ0n) is 5.40. The smallest absolute Gasteiger partial charge is 0.320 e. The summed E-state index contributed by atoms with van der Waals surface area (Å²) in [6.07, 6.45) is 0. The molecule has 0 heterocycles. The number of rotatable bonds is 4. The molecular weight excluding hydrogens is 138 g/mol. The molecule has 0 aliphatic carbocycles. The summed E-state index contributed by atoms with van der Waals surface area (Å²) in [7, 11) is 0. The van der Waals surface area contributed by atoms with Crippen LogP contribution in [0.15, 0.2) is 0 Å². The van der Waals surface area contributed by atoms with E-state index in [9.17, 15) is 4.79 Å². The van der Waals surface area contributed by atoms with Gasteiger partial charge < -0.3 is 21.1 Å². The standard InChI is InChI=1S/C5H11NO4/c6-4(5(9)10)3(1-7)2-8/h3-4,7-8H,1-2,6H2,(H,9,10). The van der Waals surface area contributed by atoms with Crippen LogP contribution in [-0.4, -0.2) is 40.5 Å². The van der Waals surface area contributed by atoms with Crippen LogP contribution in [0.1, 0.15) is 0 Å². The number of carbonyl (C=O) groups is 1. The Labute approximate surface area is 58.1 Å². The van der Waals surface area contributed by atoms with Crippen molar-refractivity contribution < 1.29 is 20.1 Å². The third-order valence-electron chi connectivity index (χ3n) is 1.26. The molecular formula is C5H11NO4. The van der Waals surface area contributed by atoms with Gasteiger partial charge in [0.25, 0.3) is 0 Å². The third-order valence-corrected chi connectivity index (χ3v) is 1.26. The highest BCUT2D eigenvalue weighted by molar-refractivity contribution is 5.73. The van der Waals surface area contributed by atoms with Crippen molar-refractivity contribution in [3.05, 3.63) is 0 Å². The molecule has 0 aromatic carbocycles. The quantitative estimate of drug-likeness (QED) is 0.370. The molecule has 60 valence electrons. The molecule has 0 aliphatic heterocycles. The average Bonchev–Trinajstić information content (AvgIpc) is 1.90. The first kappa shape index (κ1) is 9.35. The van der Waals surface area contributed by atoms with Gasteiger partial charge >= 0.3 is 5.97 Å². The van der Waals surface area contributed by atoms with E-state index in [1.807, 2.05) is 0 Å². The highest BCUT2D eigenvalue weighted by Gasteiger charge is 2.22. The number of aliphatic hydroxyl groups excluding tert-OH is 2. The van der Waals surface area contributed by atoms with Crippen molar-refractivity contribution in [3.63, 3.8) is 0 Å². The Morgan fingerprint density at radius 3 is 1.90 bits per heavy atom. The number of carboxylic acids is 1. The number of carboxylic acid groups (broad SMARTS) is 1. The SMILES string of the molecule is NC(C(=O)O)C(CO)CO. The fraction of sp³-hybridized carbons (Fsp3) is 0.800. The van der Waals surface area contributed by atoms with E-state index in [0.717, 1.165) is 0 Å². The molecule has 0 aromatic rings. The summed E-state index contributed by atoms with van der Waals surface area (Å²) >= 11 is 0. The number of hydrogen-bond acceptors (Lipinski definition) is 4. The minimum atomic E-state index is -1.21. The highest BCUT2D eigenvalue weighted by atomic mass is 16.4. The lowest BCUT2D eigenvalue weighted by atomic mass is 10.0. The van der Waals surface area contributed by atoms with Crippen LogP contribution in [0.2, 0.25) is 0 Å². The third kappa shape index (κ3) is 2.30. The lowest BCUT2D eigenvalue weighted by Crippen LogP contribution is -2.41. The fourth-order valence-corrected chi connectivity index (χ4v) is 0.486. The topological polar surface area (TPSA) is 104 Å². The number of hydrogen-bond donors (Lipinski definition) is 4. The summed E-state index contributed by atoms with van der Waals surface area (Å²) in [6.45, 7) is -0.825. The van der Waals surface area contributed by atoms with E-state index in [-0.39, 0.29) is 0 Å². The summed E-state index contributed by atoms with van der Waals surface area (Å²) < 4.78 is 0. The Bertz CT molecular complexity index is 112. The summed E-state index contributed by atoms with van der Waals surface area (Å²) in [5.41, 5.74) is 5.06. The summed E-state index contributed by atoms with van der Waals surface area (Å²) in [5, 5.41) is 25.2. The van der Waals surface area contributed by atoms with Crippen LogP contribution in [0.4, 0.5) is 0 Å². The van der Waals surface area contributed by atoms with Gasteiger partial charge in [0, 0.05) is 5.92 Å². The molecule has 0 saturated heterocycles. The number of nitrogens with two attached hydrogens (primary N) is 1. The van der Waals surface area contributed by atoms with E-state index in [1.54, 1.807) is 0 Å². The Kier molecular flexibility index (Phi) is 3.94. The molecule has 0 radical (unpaired) electrons. The zero-order chi connectivity index (χ0) is 8.15. The van der Waals surface area contributed by atoms with Gasteiger partial charge in [0.1, 0.15) is 6.04 Å². The van der Waals surface area contributed by atoms with Gasteiger partial charge in [0.15, 0.2) is 0 Å².